The second-order valence-electron chi connectivity index (χ2n) is 3.00. The average Bonchev–Trinajstić information content (AvgIpc) is 2.03. The Balaban J connectivity index is 3.46. The van der Waals surface area contributed by atoms with Gasteiger partial charge < -0.3 is 10.1 Å². The molecule has 1 N–H and O–H groups in total. The van der Waals surface area contributed by atoms with Crippen molar-refractivity contribution in [3.63, 3.8) is 0 Å². The molecule has 0 aromatic carbocycles. The van der Waals surface area contributed by atoms with E-state index < -0.39 is 0 Å². The topological polar surface area (TPSA) is 46.2 Å². The highest BCUT2D eigenvalue weighted by molar-refractivity contribution is 7.99. The minimum absolute atomic E-state index is 0.0306. The van der Waals surface area contributed by atoms with E-state index in [4.69, 9.17) is 0 Å². The zero-order valence-electron chi connectivity index (χ0n) is 8.42. The number of nitrogens with one attached hydrogen (secondary N) is 1. The Hall–Kier alpha value is -0.510. The first-order valence-corrected chi connectivity index (χ1v) is 5.66. The summed E-state index contributed by atoms with van der Waals surface area (Å²) in [7, 11) is 0. The monoisotopic (exact) mass is 203 g/mol. The predicted molar refractivity (Wildman–Crippen MR) is 55.7 cm³/mol. The third-order valence-electron chi connectivity index (χ3n) is 1.65. The zero-order valence-corrected chi connectivity index (χ0v) is 9.24. The highest BCUT2D eigenvalue weighted by atomic mass is 32.2. The predicted octanol–water partition coefficient (Wildman–Crippen LogP) is 1.57. The van der Waals surface area contributed by atoms with Crippen LogP contribution < -0.4 is 5.32 Å². The molecule has 0 aliphatic carbocycles. The molecule has 0 aromatic rings. The van der Waals surface area contributed by atoms with Gasteiger partial charge in [0.25, 0.3) is 0 Å². The molecule has 1 amide bonds. The van der Waals surface area contributed by atoms with E-state index in [9.17, 15) is 9.59 Å². The molecule has 0 rings (SSSR count). The maximum absolute atomic E-state index is 11.2. The molecule has 13 heavy (non-hydrogen) atoms. The van der Waals surface area contributed by atoms with Gasteiger partial charge in [0.15, 0.2) is 0 Å². The lowest BCUT2D eigenvalue weighted by Gasteiger charge is -2.10. The van der Waals surface area contributed by atoms with Crippen molar-refractivity contribution < 1.29 is 9.59 Å². The van der Waals surface area contributed by atoms with Crippen LogP contribution in [0, 0.1) is 0 Å². The Kier molecular flexibility index (Phi) is 6.68. The van der Waals surface area contributed by atoms with Crippen LogP contribution in [-0.4, -0.2) is 23.3 Å². The molecule has 4 heteroatoms. The molecule has 1 unspecified atom stereocenters. The third kappa shape index (κ3) is 7.84. The summed E-state index contributed by atoms with van der Waals surface area (Å²) in [6.07, 6.45) is 3.55. The molecular weight excluding hydrogens is 186 g/mol. The number of hydrogen-bond donors (Lipinski definition) is 1. The van der Waals surface area contributed by atoms with Crippen molar-refractivity contribution in [1.29, 1.82) is 0 Å². The summed E-state index contributed by atoms with van der Waals surface area (Å²) < 4.78 is 0. The van der Waals surface area contributed by atoms with E-state index in [1.807, 2.05) is 13.2 Å². The van der Waals surface area contributed by atoms with Crippen LogP contribution in [0.4, 0.5) is 0 Å². The molecular formula is C9H17NO2S. The van der Waals surface area contributed by atoms with Gasteiger partial charge in [0.1, 0.15) is 5.78 Å². The number of hydrogen-bond acceptors (Lipinski definition) is 3. The van der Waals surface area contributed by atoms with Crippen LogP contribution in [0.5, 0.6) is 0 Å². The Bertz CT molecular complexity index is 182. The van der Waals surface area contributed by atoms with Crippen LogP contribution in [-0.2, 0) is 9.59 Å². The summed E-state index contributed by atoms with van der Waals surface area (Å²) in [6.45, 7) is 3.48. The van der Waals surface area contributed by atoms with Crippen molar-refractivity contribution in [2.24, 2.45) is 0 Å². The van der Waals surface area contributed by atoms with Crippen molar-refractivity contribution in [2.45, 2.75) is 38.5 Å². The molecule has 0 saturated heterocycles. The molecule has 0 radical (unpaired) electrons. The van der Waals surface area contributed by atoms with Crippen LogP contribution in [0.1, 0.15) is 33.1 Å². The van der Waals surface area contributed by atoms with Crippen LogP contribution in [0.3, 0.4) is 0 Å². The highest BCUT2D eigenvalue weighted by Crippen LogP contribution is 2.02. The van der Waals surface area contributed by atoms with Crippen LogP contribution >= 0.6 is 11.8 Å². The first-order chi connectivity index (χ1) is 6.06. The van der Waals surface area contributed by atoms with Gasteiger partial charge >= 0.3 is 0 Å². The summed E-state index contributed by atoms with van der Waals surface area (Å²) >= 11 is 1.59. The van der Waals surface area contributed by atoms with E-state index in [0.717, 1.165) is 0 Å². The number of rotatable bonds is 6. The van der Waals surface area contributed by atoms with Gasteiger partial charge in [-0.15, -0.1) is 11.8 Å². The number of carbonyl (C=O) groups is 2. The molecule has 0 fully saturated rings. The van der Waals surface area contributed by atoms with Crippen molar-refractivity contribution >= 4 is 23.5 Å². The highest BCUT2D eigenvalue weighted by Gasteiger charge is 2.05. The fraction of sp³-hybridized carbons (Fsp3) is 0.778. The molecule has 0 saturated carbocycles. The minimum atomic E-state index is 0.0306. The Morgan fingerprint density at radius 1 is 1.38 bits per heavy atom. The lowest BCUT2D eigenvalue weighted by Crippen LogP contribution is -2.29. The van der Waals surface area contributed by atoms with Gasteiger partial charge in [0.05, 0.1) is 5.37 Å². The van der Waals surface area contributed by atoms with Gasteiger partial charge in [0, 0.05) is 12.8 Å². The SMILES string of the molecule is CSC(C)NC(=O)CCCC(C)=O. The maximum Gasteiger partial charge on any atom is 0.220 e. The van der Waals surface area contributed by atoms with E-state index in [0.29, 0.717) is 19.3 Å². The second-order valence-corrected chi connectivity index (χ2v) is 4.18. The summed E-state index contributed by atoms with van der Waals surface area (Å²) in [5.74, 6) is 0.175. The van der Waals surface area contributed by atoms with Crippen molar-refractivity contribution in [2.75, 3.05) is 6.26 Å². The largest absolute Gasteiger partial charge is 0.345 e. The number of Topliss-reactive ketones (excluding diaryl/α,β-unsaturated/α-hetero) is 1. The van der Waals surface area contributed by atoms with E-state index >= 15 is 0 Å². The van der Waals surface area contributed by atoms with Gasteiger partial charge in [-0.2, -0.15) is 0 Å². The molecule has 0 heterocycles. The summed E-state index contributed by atoms with van der Waals surface area (Å²) in [4.78, 5) is 21.7. The van der Waals surface area contributed by atoms with Crippen molar-refractivity contribution in [3.05, 3.63) is 0 Å². The molecule has 0 aliphatic heterocycles. The standard InChI is InChI=1S/C9H17NO2S/c1-7(11)5-4-6-9(12)10-8(2)13-3/h8H,4-6H2,1-3H3,(H,10,12). The normalized spacial score (nSPS) is 12.2. The fourth-order valence-electron chi connectivity index (χ4n) is 0.856. The molecule has 3 nitrogen and oxygen atoms in total. The zero-order chi connectivity index (χ0) is 10.3. The summed E-state index contributed by atoms with van der Waals surface area (Å²) in [5, 5.41) is 2.97. The summed E-state index contributed by atoms with van der Waals surface area (Å²) in [5.41, 5.74) is 0. The van der Waals surface area contributed by atoms with E-state index in [1.165, 1.54) is 0 Å². The number of amides is 1. The van der Waals surface area contributed by atoms with Crippen molar-refractivity contribution in [1.82, 2.24) is 5.32 Å². The minimum Gasteiger partial charge on any atom is -0.345 e. The van der Waals surface area contributed by atoms with E-state index in [1.54, 1.807) is 18.7 Å². The lowest BCUT2D eigenvalue weighted by molar-refractivity contribution is -0.121. The lowest BCUT2D eigenvalue weighted by atomic mass is 10.2. The van der Waals surface area contributed by atoms with Gasteiger partial charge in [0.2, 0.25) is 5.91 Å². The first kappa shape index (κ1) is 12.5. The maximum atomic E-state index is 11.2. The molecule has 0 aliphatic rings. The van der Waals surface area contributed by atoms with Gasteiger partial charge in [-0.05, 0) is 26.5 Å². The number of ketones is 1. The second kappa shape index (κ2) is 6.95. The molecule has 0 aromatic heterocycles. The Morgan fingerprint density at radius 2 is 2.00 bits per heavy atom. The first-order valence-electron chi connectivity index (χ1n) is 4.38. The van der Waals surface area contributed by atoms with E-state index in [2.05, 4.69) is 5.32 Å². The smallest absolute Gasteiger partial charge is 0.220 e. The molecule has 76 valence electrons. The Morgan fingerprint density at radius 3 is 2.46 bits per heavy atom. The van der Waals surface area contributed by atoms with Gasteiger partial charge in [-0.3, -0.25) is 4.79 Å². The third-order valence-corrected chi connectivity index (χ3v) is 2.48. The number of thioether (sulfide) groups is 1. The van der Waals surface area contributed by atoms with Crippen LogP contribution in [0.25, 0.3) is 0 Å². The molecule has 1 atom stereocenters. The van der Waals surface area contributed by atoms with Gasteiger partial charge in [-0.25, -0.2) is 0 Å². The molecule has 0 spiro atoms. The molecule has 0 bridgehead atoms. The van der Waals surface area contributed by atoms with Crippen molar-refractivity contribution in [3.8, 4) is 0 Å². The van der Waals surface area contributed by atoms with Gasteiger partial charge in [-0.1, -0.05) is 0 Å². The fourth-order valence-corrected chi connectivity index (χ4v) is 1.10. The summed E-state index contributed by atoms with van der Waals surface area (Å²) in [6, 6.07) is 0. The quantitative estimate of drug-likeness (QED) is 0.666. The average molecular weight is 203 g/mol. The van der Waals surface area contributed by atoms with Crippen LogP contribution in [0.2, 0.25) is 0 Å². The van der Waals surface area contributed by atoms with Crippen LogP contribution in [0.15, 0.2) is 0 Å². The number of carbonyl (C=O) groups excluding carboxylic acids is 2. The van der Waals surface area contributed by atoms with E-state index in [-0.39, 0.29) is 17.1 Å². The Labute approximate surface area is 83.7 Å².